The van der Waals surface area contributed by atoms with E-state index in [4.69, 9.17) is 9.47 Å². The molecule has 0 saturated carbocycles. The van der Waals surface area contributed by atoms with Crippen LogP contribution >= 0.6 is 0 Å². The highest BCUT2D eigenvalue weighted by molar-refractivity contribution is 6.03. The first kappa shape index (κ1) is 18.7. The van der Waals surface area contributed by atoms with Crippen LogP contribution in [0.1, 0.15) is 27.4 Å². The summed E-state index contributed by atoms with van der Waals surface area (Å²) in [5.74, 6) is 2.04. The highest BCUT2D eigenvalue weighted by Gasteiger charge is 2.15. The largest absolute Gasteiger partial charge is 0.486 e. The van der Waals surface area contributed by atoms with Gasteiger partial charge in [-0.2, -0.15) is 0 Å². The second-order valence-electron chi connectivity index (χ2n) is 6.94. The molecule has 2 N–H and O–H groups in total. The van der Waals surface area contributed by atoms with Gasteiger partial charge in [0.15, 0.2) is 11.5 Å². The van der Waals surface area contributed by atoms with Crippen molar-refractivity contribution in [3.63, 3.8) is 0 Å². The van der Waals surface area contributed by atoms with Gasteiger partial charge in [-0.25, -0.2) is 9.97 Å². The molecule has 0 spiro atoms. The Morgan fingerprint density at radius 3 is 2.55 bits per heavy atom. The van der Waals surface area contributed by atoms with Crippen LogP contribution in [0.25, 0.3) is 0 Å². The predicted octanol–water partition coefficient (Wildman–Crippen LogP) is 4.17. The maximum atomic E-state index is 12.8. The topological polar surface area (TPSA) is 85.4 Å². The molecule has 1 aromatic heterocycles. The summed E-state index contributed by atoms with van der Waals surface area (Å²) in [6.07, 6.45) is 0. The van der Waals surface area contributed by atoms with Crippen LogP contribution in [0.4, 0.5) is 17.2 Å². The number of benzene rings is 2. The number of hydrogen-bond acceptors (Lipinski definition) is 6. The second kappa shape index (κ2) is 7.79. The molecule has 7 nitrogen and oxygen atoms in total. The molecule has 0 fully saturated rings. The molecule has 1 amide bonds. The van der Waals surface area contributed by atoms with E-state index in [0.717, 1.165) is 16.8 Å². The molecule has 2 heterocycles. The van der Waals surface area contributed by atoms with Gasteiger partial charge in [-0.3, -0.25) is 4.79 Å². The third-order valence-electron chi connectivity index (χ3n) is 4.53. The van der Waals surface area contributed by atoms with Crippen LogP contribution in [0.5, 0.6) is 11.5 Å². The maximum absolute atomic E-state index is 12.8. The van der Waals surface area contributed by atoms with Crippen molar-refractivity contribution < 1.29 is 14.3 Å². The van der Waals surface area contributed by atoms with Crippen molar-refractivity contribution in [2.45, 2.75) is 20.8 Å². The lowest BCUT2D eigenvalue weighted by molar-refractivity contribution is 0.102. The van der Waals surface area contributed by atoms with Crippen LogP contribution in [-0.2, 0) is 0 Å². The van der Waals surface area contributed by atoms with Crippen LogP contribution in [0.2, 0.25) is 0 Å². The number of rotatable bonds is 4. The van der Waals surface area contributed by atoms with Crippen molar-refractivity contribution in [1.82, 2.24) is 9.97 Å². The highest BCUT2D eigenvalue weighted by Crippen LogP contribution is 2.32. The number of anilines is 3. The van der Waals surface area contributed by atoms with Crippen molar-refractivity contribution in [2.24, 2.45) is 0 Å². The minimum atomic E-state index is -0.323. The molecular weight excluding hydrogens is 368 g/mol. The summed E-state index contributed by atoms with van der Waals surface area (Å²) in [6.45, 7) is 6.82. The highest BCUT2D eigenvalue weighted by atomic mass is 16.6. The number of nitrogens with one attached hydrogen (secondary N) is 2. The molecule has 7 heteroatoms. The molecule has 1 aliphatic heterocycles. The summed E-state index contributed by atoms with van der Waals surface area (Å²) in [4.78, 5) is 21.4. The van der Waals surface area contributed by atoms with Gasteiger partial charge in [-0.15, -0.1) is 0 Å². The van der Waals surface area contributed by atoms with Gasteiger partial charge >= 0.3 is 0 Å². The average molecular weight is 390 g/mol. The molecule has 0 aliphatic carbocycles. The van der Waals surface area contributed by atoms with Crippen molar-refractivity contribution in [2.75, 3.05) is 23.8 Å². The third kappa shape index (κ3) is 4.29. The Kier molecular flexibility index (Phi) is 5.03. The quantitative estimate of drug-likeness (QED) is 0.695. The summed E-state index contributed by atoms with van der Waals surface area (Å²) in [6, 6.07) is 13.1. The van der Waals surface area contributed by atoms with Gasteiger partial charge < -0.3 is 20.1 Å². The number of aromatic nitrogens is 2. The first-order valence-corrected chi connectivity index (χ1v) is 9.39. The normalized spacial score (nSPS) is 12.4. The number of amides is 1. The van der Waals surface area contributed by atoms with Crippen molar-refractivity contribution in [3.05, 3.63) is 65.1 Å². The van der Waals surface area contributed by atoms with Gasteiger partial charge in [-0.1, -0.05) is 12.1 Å². The lowest BCUT2D eigenvalue weighted by atomic mass is 10.1. The molecule has 4 rings (SSSR count). The number of carbonyl (C=O) groups excluding carboxylic acids is 1. The van der Waals surface area contributed by atoms with Gasteiger partial charge in [0.1, 0.15) is 30.5 Å². The minimum absolute atomic E-state index is 0.278. The van der Waals surface area contributed by atoms with E-state index < -0.39 is 0 Å². The standard InChI is InChI=1S/C22H22N4O3/c1-13-4-5-14(2)17(10-13)26-21-12-18(23-15(3)24-21)22(27)25-16-6-7-19-20(11-16)29-9-8-28-19/h4-7,10-12H,8-9H2,1-3H3,(H,25,27)(H,23,24,26). The van der Waals surface area contributed by atoms with Gasteiger partial charge in [0.05, 0.1) is 0 Å². The fourth-order valence-electron chi connectivity index (χ4n) is 3.07. The molecule has 148 valence electrons. The van der Waals surface area contributed by atoms with Crippen LogP contribution in [0.3, 0.4) is 0 Å². The van der Waals surface area contributed by atoms with E-state index in [2.05, 4.69) is 26.7 Å². The first-order valence-electron chi connectivity index (χ1n) is 9.39. The number of ether oxygens (including phenoxy) is 2. The van der Waals surface area contributed by atoms with Crippen molar-refractivity contribution >= 4 is 23.1 Å². The summed E-state index contributed by atoms with van der Waals surface area (Å²) < 4.78 is 11.1. The Morgan fingerprint density at radius 2 is 1.72 bits per heavy atom. The smallest absolute Gasteiger partial charge is 0.274 e. The molecule has 0 atom stereocenters. The molecule has 0 saturated heterocycles. The molecule has 29 heavy (non-hydrogen) atoms. The zero-order valence-corrected chi connectivity index (χ0v) is 16.6. The fraction of sp³-hybridized carbons (Fsp3) is 0.227. The predicted molar refractivity (Wildman–Crippen MR) is 111 cm³/mol. The zero-order valence-electron chi connectivity index (χ0n) is 16.6. The molecule has 0 bridgehead atoms. The van der Waals surface area contributed by atoms with E-state index in [0.29, 0.717) is 42.0 Å². The van der Waals surface area contributed by atoms with Crippen LogP contribution in [-0.4, -0.2) is 29.1 Å². The van der Waals surface area contributed by atoms with Crippen LogP contribution < -0.4 is 20.1 Å². The van der Waals surface area contributed by atoms with Gasteiger partial charge in [-0.05, 0) is 50.1 Å². The van der Waals surface area contributed by atoms with E-state index >= 15 is 0 Å². The Labute approximate surface area is 169 Å². The van der Waals surface area contributed by atoms with E-state index in [-0.39, 0.29) is 11.6 Å². The summed E-state index contributed by atoms with van der Waals surface area (Å²) in [7, 11) is 0. The molecule has 0 radical (unpaired) electrons. The van der Waals surface area contributed by atoms with E-state index in [1.165, 1.54) is 0 Å². The molecule has 2 aromatic carbocycles. The number of nitrogens with zero attached hydrogens (tertiary/aromatic N) is 2. The number of hydrogen-bond donors (Lipinski definition) is 2. The Balaban J connectivity index is 1.55. The van der Waals surface area contributed by atoms with E-state index in [1.807, 2.05) is 26.0 Å². The van der Waals surface area contributed by atoms with E-state index in [9.17, 15) is 4.79 Å². The Hall–Kier alpha value is -3.61. The third-order valence-corrected chi connectivity index (χ3v) is 4.53. The lowest BCUT2D eigenvalue weighted by Crippen LogP contribution is -2.17. The van der Waals surface area contributed by atoms with Gasteiger partial charge in [0.2, 0.25) is 0 Å². The monoisotopic (exact) mass is 390 g/mol. The number of carbonyl (C=O) groups is 1. The molecular formula is C22H22N4O3. The summed E-state index contributed by atoms with van der Waals surface area (Å²) in [5.41, 5.74) is 4.07. The van der Waals surface area contributed by atoms with Crippen LogP contribution in [0.15, 0.2) is 42.5 Å². The zero-order chi connectivity index (χ0) is 20.4. The molecule has 0 unspecified atom stereocenters. The SMILES string of the molecule is Cc1ccc(C)c(Nc2cc(C(=O)Nc3ccc4c(c3)OCCO4)nc(C)n2)c1. The fourth-order valence-corrected chi connectivity index (χ4v) is 3.07. The minimum Gasteiger partial charge on any atom is -0.486 e. The van der Waals surface area contributed by atoms with E-state index in [1.54, 1.807) is 31.2 Å². The van der Waals surface area contributed by atoms with Gasteiger partial charge in [0, 0.05) is 23.5 Å². The summed E-state index contributed by atoms with van der Waals surface area (Å²) >= 11 is 0. The molecule has 3 aromatic rings. The second-order valence-corrected chi connectivity index (χ2v) is 6.94. The Morgan fingerprint density at radius 1 is 0.931 bits per heavy atom. The summed E-state index contributed by atoms with van der Waals surface area (Å²) in [5, 5.41) is 6.14. The van der Waals surface area contributed by atoms with Gasteiger partial charge in [0.25, 0.3) is 5.91 Å². The maximum Gasteiger partial charge on any atom is 0.274 e. The van der Waals surface area contributed by atoms with Crippen molar-refractivity contribution in [3.8, 4) is 11.5 Å². The first-order chi connectivity index (χ1) is 14.0. The number of aryl methyl sites for hydroxylation is 3. The average Bonchev–Trinajstić information content (AvgIpc) is 2.70. The molecule has 1 aliphatic rings. The Bertz CT molecular complexity index is 1080. The van der Waals surface area contributed by atoms with Crippen molar-refractivity contribution in [1.29, 1.82) is 0 Å². The van der Waals surface area contributed by atoms with Crippen LogP contribution in [0, 0.1) is 20.8 Å². The number of fused-ring (bicyclic) bond motifs is 1. The lowest BCUT2D eigenvalue weighted by Gasteiger charge is -2.19.